The van der Waals surface area contributed by atoms with Crippen molar-refractivity contribution in [1.82, 2.24) is 4.90 Å². The predicted molar refractivity (Wildman–Crippen MR) is 95.0 cm³/mol. The Morgan fingerprint density at radius 2 is 1.92 bits per heavy atom. The van der Waals surface area contributed by atoms with Crippen LogP contribution in [-0.4, -0.2) is 23.3 Å². The highest BCUT2D eigenvalue weighted by Crippen LogP contribution is 2.33. The maximum atomic E-state index is 13.1. The van der Waals surface area contributed by atoms with Crippen molar-refractivity contribution >= 4 is 29.1 Å². The van der Waals surface area contributed by atoms with Crippen LogP contribution in [0.15, 0.2) is 48.5 Å². The van der Waals surface area contributed by atoms with Crippen LogP contribution in [0.1, 0.15) is 30.4 Å². The Morgan fingerprint density at radius 3 is 2.67 bits per heavy atom. The van der Waals surface area contributed by atoms with Crippen LogP contribution in [0.5, 0.6) is 0 Å². The van der Waals surface area contributed by atoms with Gasteiger partial charge in [0.1, 0.15) is 0 Å². The number of nitrogens with one attached hydrogen (secondary N) is 1. The normalized spacial score (nSPS) is 16.2. The van der Waals surface area contributed by atoms with Crippen molar-refractivity contribution in [3.05, 3.63) is 64.7 Å². The molecule has 2 amide bonds. The third-order valence-electron chi connectivity index (χ3n) is 4.31. The van der Waals surface area contributed by atoms with E-state index in [0.29, 0.717) is 18.1 Å². The molecular weight excluding hydrogens is 324 g/mol. The van der Waals surface area contributed by atoms with Crippen molar-refractivity contribution < 1.29 is 9.59 Å². The van der Waals surface area contributed by atoms with E-state index in [0.717, 1.165) is 16.8 Å². The third kappa shape index (κ3) is 3.29. The van der Waals surface area contributed by atoms with Crippen molar-refractivity contribution in [3.63, 3.8) is 0 Å². The fraction of sp³-hybridized carbons (Fsp3) is 0.263. The van der Waals surface area contributed by atoms with E-state index >= 15 is 0 Å². The van der Waals surface area contributed by atoms with Crippen molar-refractivity contribution in [2.75, 3.05) is 11.9 Å². The van der Waals surface area contributed by atoms with Gasteiger partial charge in [0.05, 0.1) is 5.92 Å². The van der Waals surface area contributed by atoms with Gasteiger partial charge in [-0.2, -0.15) is 0 Å². The Morgan fingerprint density at radius 1 is 1.21 bits per heavy atom. The van der Waals surface area contributed by atoms with Gasteiger partial charge in [0.25, 0.3) is 0 Å². The lowest BCUT2D eigenvalue weighted by Gasteiger charge is -2.30. The minimum Gasteiger partial charge on any atom is -0.338 e. The van der Waals surface area contributed by atoms with Crippen molar-refractivity contribution in [2.45, 2.75) is 25.8 Å². The number of anilines is 1. The van der Waals surface area contributed by atoms with Gasteiger partial charge < -0.3 is 10.2 Å². The Labute approximate surface area is 146 Å². The number of nitrogens with zero attached hydrogens (tertiary/aromatic N) is 1. The van der Waals surface area contributed by atoms with Crippen LogP contribution in [0.25, 0.3) is 0 Å². The molecule has 1 N–H and O–H groups in total. The van der Waals surface area contributed by atoms with Gasteiger partial charge in [-0.3, -0.25) is 9.59 Å². The van der Waals surface area contributed by atoms with Crippen LogP contribution in [0.4, 0.5) is 5.69 Å². The van der Waals surface area contributed by atoms with Crippen molar-refractivity contribution in [2.24, 2.45) is 0 Å². The lowest BCUT2D eigenvalue weighted by Crippen LogP contribution is -2.38. The second-order valence-electron chi connectivity index (χ2n) is 5.84. The van der Waals surface area contributed by atoms with Crippen LogP contribution >= 0.6 is 11.6 Å². The summed E-state index contributed by atoms with van der Waals surface area (Å²) in [5.74, 6) is -0.613. The van der Waals surface area contributed by atoms with Crippen LogP contribution in [0, 0.1) is 0 Å². The molecule has 1 unspecified atom stereocenters. The quantitative estimate of drug-likeness (QED) is 0.918. The number of hydrogen-bond acceptors (Lipinski definition) is 2. The largest absolute Gasteiger partial charge is 0.338 e. The van der Waals surface area contributed by atoms with E-state index in [1.807, 2.05) is 55.5 Å². The van der Waals surface area contributed by atoms with E-state index < -0.39 is 5.92 Å². The Balaban J connectivity index is 1.87. The number of halogens is 1. The summed E-state index contributed by atoms with van der Waals surface area (Å²) >= 11 is 6.22. The Kier molecular flexibility index (Phi) is 4.86. The van der Waals surface area contributed by atoms with Crippen LogP contribution in [0.3, 0.4) is 0 Å². The fourth-order valence-corrected chi connectivity index (χ4v) is 3.23. The summed E-state index contributed by atoms with van der Waals surface area (Å²) < 4.78 is 0. The lowest BCUT2D eigenvalue weighted by atomic mass is 9.89. The molecule has 5 heteroatoms. The molecular formula is C19H19ClN2O2. The SMILES string of the molecule is CCN(Cc1ccccc1Cl)C(=O)C1CC(=O)Nc2ccccc21. The summed E-state index contributed by atoms with van der Waals surface area (Å²) in [6.45, 7) is 2.93. The van der Waals surface area contributed by atoms with Gasteiger partial charge in [0.2, 0.25) is 11.8 Å². The number of amides is 2. The molecule has 2 aromatic carbocycles. The molecule has 3 rings (SSSR count). The monoisotopic (exact) mass is 342 g/mol. The molecule has 4 nitrogen and oxygen atoms in total. The zero-order valence-corrected chi connectivity index (χ0v) is 14.2. The average Bonchev–Trinajstić information content (AvgIpc) is 2.59. The molecule has 0 saturated heterocycles. The highest BCUT2D eigenvalue weighted by atomic mass is 35.5. The van der Waals surface area contributed by atoms with Crippen LogP contribution < -0.4 is 5.32 Å². The molecule has 1 aliphatic rings. The number of para-hydroxylation sites is 1. The second kappa shape index (κ2) is 7.05. The zero-order chi connectivity index (χ0) is 17.1. The first-order valence-corrected chi connectivity index (χ1v) is 8.39. The minimum atomic E-state index is -0.447. The first-order valence-electron chi connectivity index (χ1n) is 8.01. The van der Waals surface area contributed by atoms with Gasteiger partial charge >= 0.3 is 0 Å². The minimum absolute atomic E-state index is 0.0419. The number of rotatable bonds is 4. The van der Waals surface area contributed by atoms with Crippen molar-refractivity contribution in [1.29, 1.82) is 0 Å². The molecule has 1 heterocycles. The highest BCUT2D eigenvalue weighted by molar-refractivity contribution is 6.31. The lowest BCUT2D eigenvalue weighted by molar-refractivity contribution is -0.135. The van der Waals surface area contributed by atoms with Gasteiger partial charge in [-0.1, -0.05) is 48.0 Å². The number of benzene rings is 2. The molecule has 1 atom stereocenters. The molecule has 0 spiro atoms. The smallest absolute Gasteiger partial charge is 0.231 e. The summed E-state index contributed by atoms with van der Waals surface area (Å²) in [5, 5.41) is 3.47. The van der Waals surface area contributed by atoms with E-state index in [1.54, 1.807) is 4.90 Å². The van der Waals surface area contributed by atoms with E-state index in [1.165, 1.54) is 0 Å². The summed E-state index contributed by atoms with van der Waals surface area (Å²) in [5.41, 5.74) is 2.50. The van der Waals surface area contributed by atoms with Crippen LogP contribution in [0.2, 0.25) is 5.02 Å². The molecule has 0 fully saturated rings. The first kappa shape index (κ1) is 16.5. The predicted octanol–water partition coefficient (Wildman–Crippen LogP) is 3.81. The number of likely N-dealkylation sites (N-methyl/N-ethyl adjacent to an activating group) is 1. The standard InChI is InChI=1S/C19H19ClN2O2/c1-2-22(12-13-7-3-5-9-16(13)20)19(24)15-11-18(23)21-17-10-6-4-8-14(15)17/h3-10,15H,2,11-12H2,1H3,(H,21,23). The van der Waals surface area contributed by atoms with Gasteiger partial charge in [-0.25, -0.2) is 0 Å². The van der Waals surface area contributed by atoms with Gasteiger partial charge in [0.15, 0.2) is 0 Å². The average molecular weight is 343 g/mol. The summed E-state index contributed by atoms with van der Waals surface area (Å²) in [6, 6.07) is 15.0. The maximum Gasteiger partial charge on any atom is 0.231 e. The zero-order valence-electron chi connectivity index (χ0n) is 13.5. The van der Waals surface area contributed by atoms with Gasteiger partial charge in [0, 0.05) is 30.2 Å². The number of carbonyl (C=O) groups excluding carboxylic acids is 2. The molecule has 0 radical (unpaired) electrons. The maximum absolute atomic E-state index is 13.1. The van der Waals surface area contributed by atoms with Gasteiger partial charge in [-0.05, 0) is 30.2 Å². The third-order valence-corrected chi connectivity index (χ3v) is 4.68. The molecule has 24 heavy (non-hydrogen) atoms. The highest BCUT2D eigenvalue weighted by Gasteiger charge is 2.33. The number of hydrogen-bond donors (Lipinski definition) is 1. The van der Waals surface area contributed by atoms with E-state index in [-0.39, 0.29) is 18.2 Å². The molecule has 0 saturated carbocycles. The second-order valence-corrected chi connectivity index (χ2v) is 6.24. The van der Waals surface area contributed by atoms with E-state index in [9.17, 15) is 9.59 Å². The summed E-state index contributed by atoms with van der Waals surface area (Å²) in [7, 11) is 0. The number of fused-ring (bicyclic) bond motifs is 1. The number of carbonyl (C=O) groups is 2. The molecule has 0 aromatic heterocycles. The van der Waals surface area contributed by atoms with Crippen molar-refractivity contribution in [3.8, 4) is 0 Å². The van der Waals surface area contributed by atoms with E-state index in [4.69, 9.17) is 11.6 Å². The molecule has 0 aliphatic carbocycles. The first-order chi connectivity index (χ1) is 11.6. The molecule has 1 aliphatic heterocycles. The molecule has 0 bridgehead atoms. The van der Waals surface area contributed by atoms with Crippen LogP contribution in [-0.2, 0) is 16.1 Å². The van der Waals surface area contributed by atoms with E-state index in [2.05, 4.69) is 5.32 Å². The Bertz CT molecular complexity index is 775. The molecule has 2 aromatic rings. The fourth-order valence-electron chi connectivity index (χ4n) is 3.03. The summed E-state index contributed by atoms with van der Waals surface area (Å²) in [6.07, 6.45) is 0.175. The Hall–Kier alpha value is -2.33. The van der Waals surface area contributed by atoms with Gasteiger partial charge in [-0.15, -0.1) is 0 Å². The molecule has 124 valence electrons. The topological polar surface area (TPSA) is 49.4 Å². The summed E-state index contributed by atoms with van der Waals surface area (Å²) in [4.78, 5) is 26.8.